The molecule has 0 radical (unpaired) electrons. The van der Waals surface area contributed by atoms with Crippen molar-refractivity contribution in [2.75, 3.05) is 13.2 Å². The molecular weight excluding hydrogens is 522 g/mol. The van der Waals surface area contributed by atoms with Crippen molar-refractivity contribution in [3.8, 4) is 28.9 Å². The number of amides is 1. The first-order chi connectivity index (χ1) is 19.5. The van der Waals surface area contributed by atoms with Gasteiger partial charge in [-0.3, -0.25) is 0 Å². The van der Waals surface area contributed by atoms with Gasteiger partial charge in [-0.2, -0.15) is 4.98 Å². The number of carbonyl (C=O) groups is 1. The summed E-state index contributed by atoms with van der Waals surface area (Å²) >= 11 is 0. The van der Waals surface area contributed by atoms with E-state index in [2.05, 4.69) is 58.2 Å². The minimum atomic E-state index is -0.508. The van der Waals surface area contributed by atoms with Gasteiger partial charge in [-0.15, -0.1) is 0 Å². The molecule has 10 heteroatoms. The Labute approximate surface area is 239 Å². The molecule has 0 bridgehead atoms. The van der Waals surface area contributed by atoms with Crippen LogP contribution in [0.3, 0.4) is 0 Å². The zero-order chi connectivity index (χ0) is 29.2. The highest BCUT2D eigenvalue weighted by molar-refractivity contribution is 5.69. The van der Waals surface area contributed by atoms with Gasteiger partial charge in [0.05, 0.1) is 18.4 Å². The molecule has 3 heterocycles. The van der Waals surface area contributed by atoms with E-state index in [0.717, 1.165) is 23.3 Å². The largest absolute Gasteiger partial charge is 0.491 e. The molecule has 1 amide bonds. The summed E-state index contributed by atoms with van der Waals surface area (Å²) in [6.45, 7) is 12.8. The lowest BCUT2D eigenvalue weighted by Crippen LogP contribution is -2.55. The minimum Gasteiger partial charge on any atom is -0.491 e. The van der Waals surface area contributed by atoms with E-state index < -0.39 is 5.60 Å². The number of ether oxygens (including phenoxy) is 3. The molecule has 2 aromatic heterocycles. The third-order valence-electron chi connectivity index (χ3n) is 6.96. The molecule has 0 unspecified atom stereocenters. The Kier molecular flexibility index (Phi) is 7.66. The van der Waals surface area contributed by atoms with Gasteiger partial charge < -0.3 is 23.6 Å². The van der Waals surface area contributed by atoms with Crippen molar-refractivity contribution >= 4 is 6.09 Å². The van der Waals surface area contributed by atoms with E-state index in [9.17, 15) is 4.79 Å². The fourth-order valence-electron chi connectivity index (χ4n) is 4.45. The van der Waals surface area contributed by atoms with Gasteiger partial charge in [0.15, 0.2) is 5.75 Å². The number of nitrogens with zero attached hydrogens (tertiary/aromatic N) is 5. The number of aromatic nitrogens is 4. The fraction of sp³-hybridized carbons (Fsp3) is 0.387. The van der Waals surface area contributed by atoms with Crippen LogP contribution in [0.25, 0.3) is 11.6 Å². The molecule has 1 atom stereocenters. The van der Waals surface area contributed by atoms with E-state index in [1.165, 1.54) is 0 Å². The molecule has 0 spiro atoms. The molecule has 1 aliphatic heterocycles. The van der Waals surface area contributed by atoms with Gasteiger partial charge in [-0.25, -0.2) is 14.8 Å². The Balaban J connectivity index is 1.16. The highest BCUT2D eigenvalue weighted by atomic mass is 16.6. The van der Waals surface area contributed by atoms with Gasteiger partial charge in [-0.05, 0) is 62.6 Å². The van der Waals surface area contributed by atoms with Crippen molar-refractivity contribution in [3.63, 3.8) is 0 Å². The Morgan fingerprint density at radius 1 is 0.902 bits per heavy atom. The summed E-state index contributed by atoms with van der Waals surface area (Å²) in [7, 11) is 0. The van der Waals surface area contributed by atoms with Crippen LogP contribution in [-0.2, 0) is 10.2 Å². The summed E-state index contributed by atoms with van der Waals surface area (Å²) in [4.78, 5) is 26.7. The Morgan fingerprint density at radius 3 is 2.02 bits per heavy atom. The van der Waals surface area contributed by atoms with Crippen molar-refractivity contribution in [1.82, 2.24) is 25.0 Å². The van der Waals surface area contributed by atoms with Gasteiger partial charge in [0.2, 0.25) is 17.5 Å². The molecule has 1 saturated heterocycles. The van der Waals surface area contributed by atoms with E-state index >= 15 is 0 Å². The van der Waals surface area contributed by atoms with Crippen LogP contribution >= 0.6 is 0 Å². The molecule has 0 N–H and O–H groups in total. The predicted molar refractivity (Wildman–Crippen MR) is 152 cm³/mol. The van der Waals surface area contributed by atoms with Crippen molar-refractivity contribution in [2.45, 2.75) is 65.0 Å². The number of benzene rings is 2. The first kappa shape index (κ1) is 28.1. The Morgan fingerprint density at radius 2 is 1.51 bits per heavy atom. The van der Waals surface area contributed by atoms with E-state index in [4.69, 9.17) is 18.7 Å². The number of carbonyl (C=O) groups excluding carboxylic acids is 1. The van der Waals surface area contributed by atoms with Crippen LogP contribution in [0.15, 0.2) is 65.4 Å². The second kappa shape index (κ2) is 11.2. The first-order valence-corrected chi connectivity index (χ1v) is 13.6. The van der Waals surface area contributed by atoms with Gasteiger partial charge in [-0.1, -0.05) is 43.3 Å². The average molecular weight is 558 g/mol. The maximum absolute atomic E-state index is 12.4. The summed E-state index contributed by atoms with van der Waals surface area (Å²) in [5.74, 6) is 3.11. The van der Waals surface area contributed by atoms with Crippen LogP contribution in [0.5, 0.6) is 17.2 Å². The molecule has 0 saturated carbocycles. The Bertz CT molecular complexity index is 1480. The lowest BCUT2D eigenvalue weighted by atomic mass is 9.78. The Hall–Kier alpha value is -4.47. The van der Waals surface area contributed by atoms with Crippen LogP contribution in [0.4, 0.5) is 4.79 Å². The molecule has 0 aliphatic carbocycles. The second-order valence-corrected chi connectivity index (χ2v) is 11.6. The third-order valence-corrected chi connectivity index (χ3v) is 6.96. The number of likely N-dealkylation sites (tertiary alicyclic amines) is 1. The zero-order valence-electron chi connectivity index (χ0n) is 24.2. The monoisotopic (exact) mass is 557 g/mol. The quantitative estimate of drug-likeness (QED) is 0.245. The summed E-state index contributed by atoms with van der Waals surface area (Å²) in [6, 6.07) is 16.1. The molecule has 10 nitrogen and oxygen atoms in total. The maximum Gasteiger partial charge on any atom is 0.410 e. The van der Waals surface area contributed by atoms with Crippen molar-refractivity contribution in [1.29, 1.82) is 0 Å². The molecule has 2 aromatic carbocycles. The van der Waals surface area contributed by atoms with Gasteiger partial charge in [0, 0.05) is 18.9 Å². The van der Waals surface area contributed by atoms with Crippen LogP contribution in [0.1, 0.15) is 58.1 Å². The number of rotatable bonds is 8. The molecule has 4 aromatic rings. The van der Waals surface area contributed by atoms with Crippen LogP contribution in [0, 0.1) is 6.92 Å². The van der Waals surface area contributed by atoms with Crippen molar-refractivity contribution in [3.05, 3.63) is 77.9 Å². The molecule has 1 fully saturated rings. The van der Waals surface area contributed by atoms with E-state index in [1.54, 1.807) is 24.2 Å². The smallest absolute Gasteiger partial charge is 0.410 e. The summed E-state index contributed by atoms with van der Waals surface area (Å²) in [5, 5.41) is 3.83. The summed E-state index contributed by atoms with van der Waals surface area (Å²) < 4.78 is 22.4. The van der Waals surface area contributed by atoms with Crippen LogP contribution in [-0.4, -0.2) is 55.9 Å². The second-order valence-electron chi connectivity index (χ2n) is 11.6. The first-order valence-electron chi connectivity index (χ1n) is 13.6. The van der Waals surface area contributed by atoms with Crippen LogP contribution < -0.4 is 9.47 Å². The summed E-state index contributed by atoms with van der Waals surface area (Å²) in [6.07, 6.45) is 3.78. The summed E-state index contributed by atoms with van der Waals surface area (Å²) in [5.41, 5.74) is 1.54. The third kappa shape index (κ3) is 6.65. The van der Waals surface area contributed by atoms with Gasteiger partial charge in [0.1, 0.15) is 23.7 Å². The lowest BCUT2D eigenvalue weighted by Gasteiger charge is -2.41. The fourth-order valence-corrected chi connectivity index (χ4v) is 4.45. The molecule has 5 rings (SSSR count). The van der Waals surface area contributed by atoms with Crippen molar-refractivity contribution < 1.29 is 23.5 Å². The molecular formula is C31H35N5O5. The lowest BCUT2D eigenvalue weighted by molar-refractivity contribution is -0.0141. The minimum absolute atomic E-state index is 0.0286. The number of aryl methyl sites for hydroxylation is 1. The molecule has 214 valence electrons. The average Bonchev–Trinajstić information content (AvgIpc) is 3.34. The van der Waals surface area contributed by atoms with Gasteiger partial charge in [0.25, 0.3) is 0 Å². The topological polar surface area (TPSA) is 113 Å². The highest BCUT2D eigenvalue weighted by Gasteiger charge is 2.35. The van der Waals surface area contributed by atoms with Crippen LogP contribution in [0.2, 0.25) is 0 Å². The van der Waals surface area contributed by atoms with Crippen molar-refractivity contribution in [2.24, 2.45) is 0 Å². The molecule has 1 aliphatic rings. The van der Waals surface area contributed by atoms with Gasteiger partial charge >= 0.3 is 6.09 Å². The number of hydrogen-bond acceptors (Lipinski definition) is 9. The standard InChI is InChI=1S/C31H35N5O5/c1-20-34-28(35-41-20)27-32-17-26(18-33-27)39-25-13-9-22(10-14-25)31(5,6)21-7-11-24(12-8-21)38-19-23-15-16-36(23)29(37)40-30(2,3)4/h7-14,17-18,23H,15-16,19H2,1-6H3/t23-/m0/s1. The normalized spacial score (nSPS) is 15.3. The maximum atomic E-state index is 12.4. The SMILES string of the molecule is Cc1nc(-c2ncc(Oc3ccc(C(C)(C)c4ccc(OC[C@@H]5CCN5C(=O)OC(C)(C)C)cc4)cc3)cn2)no1. The van der Waals surface area contributed by atoms with E-state index in [-0.39, 0.29) is 17.6 Å². The predicted octanol–water partition coefficient (Wildman–Crippen LogP) is 6.34. The van der Waals surface area contributed by atoms with E-state index in [1.807, 2.05) is 45.0 Å². The van der Waals surface area contributed by atoms with E-state index in [0.29, 0.717) is 42.2 Å². The molecule has 41 heavy (non-hydrogen) atoms. The number of hydrogen-bond donors (Lipinski definition) is 0. The highest BCUT2D eigenvalue weighted by Crippen LogP contribution is 2.34. The zero-order valence-corrected chi connectivity index (χ0v) is 24.2.